The fourth-order valence-corrected chi connectivity index (χ4v) is 1.78. The predicted octanol–water partition coefficient (Wildman–Crippen LogP) is 4.15. The molecule has 0 aliphatic carbocycles. The Morgan fingerprint density at radius 2 is 2.00 bits per heavy atom. The maximum Gasteiger partial charge on any atom is 0.271 e. The van der Waals surface area contributed by atoms with Crippen LogP contribution in [0.4, 0.5) is 0 Å². The van der Waals surface area contributed by atoms with Gasteiger partial charge in [0.2, 0.25) is 0 Å². The maximum absolute atomic E-state index is 11.8. The van der Waals surface area contributed by atoms with E-state index in [1.807, 2.05) is 6.92 Å². The van der Waals surface area contributed by atoms with Gasteiger partial charge in [-0.3, -0.25) is 4.79 Å². The summed E-state index contributed by atoms with van der Waals surface area (Å²) in [7, 11) is 0. The van der Waals surface area contributed by atoms with E-state index in [1.54, 1.807) is 12.1 Å². The van der Waals surface area contributed by atoms with Crippen LogP contribution in [0.5, 0.6) is 0 Å². The summed E-state index contributed by atoms with van der Waals surface area (Å²) in [5, 5.41) is 4.81. The number of halogens is 2. The molecule has 1 aromatic carbocycles. The van der Waals surface area contributed by atoms with E-state index in [-0.39, 0.29) is 5.91 Å². The molecule has 0 fully saturated rings. The van der Waals surface area contributed by atoms with Crippen LogP contribution in [0.25, 0.3) is 0 Å². The predicted molar refractivity (Wildman–Crippen MR) is 76.5 cm³/mol. The van der Waals surface area contributed by atoms with Gasteiger partial charge in [0, 0.05) is 11.3 Å². The van der Waals surface area contributed by atoms with Crippen LogP contribution in [-0.4, -0.2) is 11.6 Å². The average Bonchev–Trinajstić information content (AvgIpc) is 2.28. The minimum Gasteiger partial charge on any atom is -0.267 e. The smallest absolute Gasteiger partial charge is 0.267 e. The Kier molecular flexibility index (Phi) is 5.63. The van der Waals surface area contributed by atoms with Crippen LogP contribution in [-0.2, 0) is 0 Å². The fourth-order valence-electron chi connectivity index (χ4n) is 1.48. The van der Waals surface area contributed by atoms with Gasteiger partial charge >= 0.3 is 0 Å². The number of carbonyl (C=O) groups is 1. The Morgan fingerprint density at radius 1 is 1.33 bits per heavy atom. The number of nitrogens with one attached hydrogen (secondary N) is 1. The van der Waals surface area contributed by atoms with Crippen LogP contribution in [0.15, 0.2) is 23.3 Å². The molecule has 5 heteroatoms. The third kappa shape index (κ3) is 4.67. The molecule has 0 spiro atoms. The lowest BCUT2D eigenvalue weighted by Gasteiger charge is -2.05. The summed E-state index contributed by atoms with van der Waals surface area (Å²) in [5.74, 6) is 0.215. The van der Waals surface area contributed by atoms with E-state index in [4.69, 9.17) is 23.2 Å². The van der Waals surface area contributed by atoms with E-state index in [2.05, 4.69) is 24.4 Å². The first-order valence-electron chi connectivity index (χ1n) is 5.68. The lowest BCUT2D eigenvalue weighted by molar-refractivity contribution is 0.0954. The number of nitrogens with zero attached hydrogens (tertiary/aromatic N) is 1. The summed E-state index contributed by atoms with van der Waals surface area (Å²) in [6.07, 6.45) is 0.849. The van der Waals surface area contributed by atoms with E-state index < -0.39 is 0 Å². The summed E-state index contributed by atoms with van der Waals surface area (Å²) in [5.41, 5.74) is 3.82. The van der Waals surface area contributed by atoms with Gasteiger partial charge in [-0.1, -0.05) is 37.0 Å². The van der Waals surface area contributed by atoms with Gasteiger partial charge in [-0.25, -0.2) is 5.43 Å². The second-order valence-electron chi connectivity index (χ2n) is 4.51. The van der Waals surface area contributed by atoms with E-state index in [0.717, 1.165) is 12.1 Å². The molecule has 0 aliphatic heterocycles. The van der Waals surface area contributed by atoms with Crippen LogP contribution in [0, 0.1) is 5.92 Å². The van der Waals surface area contributed by atoms with Crippen molar-refractivity contribution < 1.29 is 4.79 Å². The van der Waals surface area contributed by atoms with E-state index in [0.29, 0.717) is 21.5 Å². The first-order valence-corrected chi connectivity index (χ1v) is 6.44. The van der Waals surface area contributed by atoms with Crippen LogP contribution >= 0.6 is 23.2 Å². The Hall–Kier alpha value is -1.06. The van der Waals surface area contributed by atoms with Crippen molar-refractivity contribution in [1.29, 1.82) is 0 Å². The topological polar surface area (TPSA) is 41.5 Å². The minimum absolute atomic E-state index is 0.295. The van der Waals surface area contributed by atoms with Gasteiger partial charge in [0.05, 0.1) is 10.0 Å². The molecule has 1 N–H and O–H groups in total. The summed E-state index contributed by atoms with van der Waals surface area (Å²) < 4.78 is 0. The number of hydrazone groups is 1. The van der Waals surface area contributed by atoms with Gasteiger partial charge in [-0.15, -0.1) is 0 Å². The summed E-state index contributed by atoms with van der Waals surface area (Å²) in [6.45, 7) is 6.08. The van der Waals surface area contributed by atoms with Crippen molar-refractivity contribution in [2.24, 2.45) is 11.0 Å². The van der Waals surface area contributed by atoms with Crippen molar-refractivity contribution in [3.8, 4) is 0 Å². The Morgan fingerprint density at radius 3 is 2.56 bits per heavy atom. The van der Waals surface area contributed by atoms with Crippen molar-refractivity contribution in [2.45, 2.75) is 27.2 Å². The molecule has 0 aromatic heterocycles. The van der Waals surface area contributed by atoms with Gasteiger partial charge in [0.1, 0.15) is 0 Å². The lowest BCUT2D eigenvalue weighted by Crippen LogP contribution is -2.19. The van der Waals surface area contributed by atoms with Crippen LogP contribution < -0.4 is 5.43 Å². The molecule has 3 nitrogen and oxygen atoms in total. The SMILES string of the molecule is C/C(CC(C)C)=N\NC(=O)c1ccc(Cl)c(Cl)c1. The van der Waals surface area contributed by atoms with Crippen molar-refractivity contribution in [2.75, 3.05) is 0 Å². The number of amides is 1. The zero-order valence-corrected chi connectivity index (χ0v) is 12.1. The first kappa shape index (κ1) is 15.0. The molecule has 0 atom stereocenters. The normalized spacial score (nSPS) is 11.8. The molecule has 0 aliphatic rings. The number of carbonyl (C=O) groups excluding carboxylic acids is 1. The lowest BCUT2D eigenvalue weighted by atomic mass is 10.1. The Bertz CT molecular complexity index is 470. The largest absolute Gasteiger partial charge is 0.271 e. The second-order valence-corrected chi connectivity index (χ2v) is 5.33. The summed E-state index contributed by atoms with van der Waals surface area (Å²) >= 11 is 11.6. The molecule has 0 radical (unpaired) electrons. The molecule has 98 valence electrons. The molecule has 1 rings (SSSR count). The molecular formula is C13H16Cl2N2O. The molecule has 0 bridgehead atoms. The van der Waals surface area contributed by atoms with Crippen molar-refractivity contribution >= 4 is 34.8 Å². The summed E-state index contributed by atoms with van der Waals surface area (Å²) in [6, 6.07) is 4.72. The van der Waals surface area contributed by atoms with Crippen LogP contribution in [0.3, 0.4) is 0 Å². The number of benzene rings is 1. The van der Waals surface area contributed by atoms with E-state index >= 15 is 0 Å². The van der Waals surface area contributed by atoms with Crippen molar-refractivity contribution in [3.05, 3.63) is 33.8 Å². The van der Waals surface area contributed by atoms with E-state index in [9.17, 15) is 4.79 Å². The van der Waals surface area contributed by atoms with Gasteiger partial charge in [-0.2, -0.15) is 5.10 Å². The molecule has 0 saturated carbocycles. The molecular weight excluding hydrogens is 271 g/mol. The van der Waals surface area contributed by atoms with Crippen LogP contribution in [0.1, 0.15) is 37.6 Å². The summed E-state index contributed by atoms with van der Waals surface area (Å²) in [4.78, 5) is 11.8. The zero-order valence-electron chi connectivity index (χ0n) is 10.6. The Balaban J connectivity index is 2.68. The van der Waals surface area contributed by atoms with Crippen LogP contribution in [0.2, 0.25) is 10.0 Å². The molecule has 0 saturated heterocycles. The average molecular weight is 287 g/mol. The number of hydrogen-bond acceptors (Lipinski definition) is 2. The quantitative estimate of drug-likeness (QED) is 0.656. The first-order chi connectivity index (χ1) is 8.40. The van der Waals surface area contributed by atoms with Gasteiger partial charge in [0.15, 0.2) is 0 Å². The minimum atomic E-state index is -0.295. The number of hydrogen-bond donors (Lipinski definition) is 1. The third-order valence-corrected chi connectivity index (χ3v) is 2.97. The van der Waals surface area contributed by atoms with E-state index in [1.165, 1.54) is 6.07 Å². The molecule has 1 amide bonds. The highest BCUT2D eigenvalue weighted by molar-refractivity contribution is 6.42. The fraction of sp³-hybridized carbons (Fsp3) is 0.385. The third-order valence-electron chi connectivity index (χ3n) is 2.23. The molecule has 0 unspecified atom stereocenters. The highest BCUT2D eigenvalue weighted by atomic mass is 35.5. The Labute approximate surface area is 117 Å². The molecule has 18 heavy (non-hydrogen) atoms. The maximum atomic E-state index is 11.8. The number of rotatable bonds is 4. The molecule has 1 aromatic rings. The highest BCUT2D eigenvalue weighted by Crippen LogP contribution is 2.22. The van der Waals surface area contributed by atoms with Crippen molar-refractivity contribution in [1.82, 2.24) is 5.43 Å². The van der Waals surface area contributed by atoms with Gasteiger partial charge in [-0.05, 0) is 37.5 Å². The zero-order chi connectivity index (χ0) is 13.7. The highest BCUT2D eigenvalue weighted by Gasteiger charge is 2.07. The standard InChI is InChI=1S/C13H16Cl2N2O/c1-8(2)6-9(3)16-17-13(18)10-4-5-11(14)12(15)7-10/h4-5,7-8H,6H2,1-3H3,(H,17,18)/b16-9+. The monoisotopic (exact) mass is 286 g/mol. The molecule has 0 heterocycles. The van der Waals surface area contributed by atoms with Crippen molar-refractivity contribution in [3.63, 3.8) is 0 Å². The van der Waals surface area contributed by atoms with Gasteiger partial charge < -0.3 is 0 Å². The second kappa shape index (κ2) is 6.76. The van der Waals surface area contributed by atoms with Gasteiger partial charge in [0.25, 0.3) is 5.91 Å².